The van der Waals surface area contributed by atoms with Crippen LogP contribution < -0.4 is 5.32 Å². The molecule has 0 aliphatic rings. The van der Waals surface area contributed by atoms with Gasteiger partial charge >= 0.3 is 5.97 Å². The fourth-order valence-electron chi connectivity index (χ4n) is 1.60. The Morgan fingerprint density at radius 3 is 2.55 bits per heavy atom. The molecular weight excluding hydrogens is 320 g/mol. The van der Waals surface area contributed by atoms with E-state index in [9.17, 15) is 4.79 Å². The summed E-state index contributed by atoms with van der Waals surface area (Å²) in [4.78, 5) is 13.6. The van der Waals surface area contributed by atoms with Crippen molar-refractivity contribution in [3.05, 3.63) is 33.8 Å². The molecule has 0 radical (unpaired) electrons. The van der Waals surface area contributed by atoms with Gasteiger partial charge in [-0.15, -0.1) is 0 Å². The summed E-state index contributed by atoms with van der Waals surface area (Å²) < 4.78 is 5.61. The van der Waals surface area contributed by atoms with Crippen molar-refractivity contribution in [2.75, 3.05) is 27.7 Å². The molecule has 0 saturated carbocycles. The lowest BCUT2D eigenvalue weighted by molar-refractivity contribution is 0.0600. The zero-order chi connectivity index (χ0) is 15.3. The number of nitrogens with zero attached hydrogens (tertiary/aromatic N) is 1. The fourth-order valence-corrected chi connectivity index (χ4v) is 2.12. The Labute approximate surface area is 129 Å². The number of esters is 1. The highest BCUT2D eigenvalue weighted by Crippen LogP contribution is 2.19. The highest BCUT2D eigenvalue weighted by atomic mass is 79.9. The van der Waals surface area contributed by atoms with Crippen LogP contribution in [0.15, 0.2) is 22.7 Å². The van der Waals surface area contributed by atoms with Gasteiger partial charge in [0.15, 0.2) is 0 Å². The van der Waals surface area contributed by atoms with Crippen LogP contribution in [0.3, 0.4) is 0 Å². The molecule has 1 aromatic rings. The molecule has 4 nitrogen and oxygen atoms in total. The second-order valence-electron chi connectivity index (χ2n) is 5.61. The van der Waals surface area contributed by atoms with Crippen molar-refractivity contribution in [1.82, 2.24) is 10.2 Å². The van der Waals surface area contributed by atoms with E-state index < -0.39 is 0 Å². The first-order valence-corrected chi connectivity index (χ1v) is 7.32. The Bertz CT molecular complexity index is 473. The Kier molecular flexibility index (Phi) is 6.17. The summed E-state index contributed by atoms with van der Waals surface area (Å²) >= 11 is 3.50. The Hall–Kier alpha value is -0.910. The lowest BCUT2D eigenvalue weighted by atomic mass is 10.0. The molecule has 0 heterocycles. The van der Waals surface area contributed by atoms with E-state index in [4.69, 9.17) is 4.74 Å². The minimum atomic E-state index is -0.320. The standard InChI is InChI=1S/C15H23BrN2O2/c1-15(2,18(3)4)10-17-9-12-7-6-11(8-13(12)16)14(19)20-5/h6-8,17H,9-10H2,1-5H3. The number of ether oxygens (including phenoxy) is 1. The van der Waals surface area contributed by atoms with Crippen LogP contribution in [0.4, 0.5) is 0 Å². The van der Waals surface area contributed by atoms with Crippen LogP contribution in [0.5, 0.6) is 0 Å². The van der Waals surface area contributed by atoms with Crippen molar-refractivity contribution < 1.29 is 9.53 Å². The molecule has 0 bridgehead atoms. The normalized spacial score (nSPS) is 11.8. The van der Waals surface area contributed by atoms with Gasteiger partial charge in [0.25, 0.3) is 0 Å². The Balaban J connectivity index is 2.64. The van der Waals surface area contributed by atoms with E-state index in [0.717, 1.165) is 23.1 Å². The van der Waals surface area contributed by atoms with Crippen LogP contribution in [0.25, 0.3) is 0 Å². The lowest BCUT2D eigenvalue weighted by Gasteiger charge is -2.32. The molecule has 0 aliphatic carbocycles. The smallest absolute Gasteiger partial charge is 0.337 e. The molecule has 0 spiro atoms. The van der Waals surface area contributed by atoms with Crippen molar-refractivity contribution in [3.63, 3.8) is 0 Å². The zero-order valence-corrected chi connectivity index (χ0v) is 14.4. The molecule has 0 unspecified atom stereocenters. The number of hydrogen-bond donors (Lipinski definition) is 1. The van der Waals surface area contributed by atoms with Gasteiger partial charge < -0.3 is 15.0 Å². The van der Waals surface area contributed by atoms with E-state index >= 15 is 0 Å². The number of benzene rings is 1. The monoisotopic (exact) mass is 342 g/mol. The maximum absolute atomic E-state index is 11.4. The molecule has 0 saturated heterocycles. The van der Waals surface area contributed by atoms with Gasteiger partial charge in [0, 0.05) is 23.1 Å². The van der Waals surface area contributed by atoms with Gasteiger partial charge in [-0.3, -0.25) is 0 Å². The Morgan fingerprint density at radius 2 is 2.05 bits per heavy atom. The summed E-state index contributed by atoms with van der Waals surface area (Å²) in [5.74, 6) is -0.320. The third-order valence-corrected chi connectivity index (χ3v) is 4.30. The molecule has 1 N–H and O–H groups in total. The number of nitrogens with one attached hydrogen (secondary N) is 1. The topological polar surface area (TPSA) is 41.6 Å². The van der Waals surface area contributed by atoms with Crippen LogP contribution in [-0.2, 0) is 11.3 Å². The molecule has 1 aromatic carbocycles. The summed E-state index contributed by atoms with van der Waals surface area (Å²) in [7, 11) is 5.53. The van der Waals surface area contributed by atoms with Crippen molar-refractivity contribution in [1.29, 1.82) is 0 Å². The number of carbonyl (C=O) groups is 1. The van der Waals surface area contributed by atoms with Gasteiger partial charge in [0.05, 0.1) is 12.7 Å². The maximum atomic E-state index is 11.4. The van der Waals surface area contributed by atoms with Crippen LogP contribution >= 0.6 is 15.9 Å². The van der Waals surface area contributed by atoms with Crippen LogP contribution in [0.2, 0.25) is 0 Å². The number of carbonyl (C=O) groups excluding carboxylic acids is 1. The number of likely N-dealkylation sites (N-methyl/N-ethyl adjacent to an activating group) is 1. The highest BCUT2D eigenvalue weighted by Gasteiger charge is 2.19. The average molecular weight is 343 g/mol. The largest absolute Gasteiger partial charge is 0.465 e. The molecule has 0 aliphatic heterocycles. The van der Waals surface area contributed by atoms with Gasteiger partial charge in [0.2, 0.25) is 0 Å². The number of hydrogen-bond acceptors (Lipinski definition) is 4. The predicted octanol–water partition coefficient (Wildman–Crippen LogP) is 2.67. The molecule has 5 heteroatoms. The van der Waals surface area contributed by atoms with Gasteiger partial charge in [-0.25, -0.2) is 4.79 Å². The van der Waals surface area contributed by atoms with E-state index in [0.29, 0.717) is 5.56 Å². The van der Waals surface area contributed by atoms with Crippen molar-refractivity contribution in [3.8, 4) is 0 Å². The minimum absolute atomic E-state index is 0.0957. The highest BCUT2D eigenvalue weighted by molar-refractivity contribution is 9.10. The molecule has 0 aromatic heterocycles. The van der Waals surface area contributed by atoms with Gasteiger partial charge in [-0.2, -0.15) is 0 Å². The number of rotatable bonds is 6. The van der Waals surface area contributed by atoms with Crippen molar-refractivity contribution in [2.24, 2.45) is 0 Å². The zero-order valence-electron chi connectivity index (χ0n) is 12.8. The average Bonchev–Trinajstić information content (AvgIpc) is 2.39. The summed E-state index contributed by atoms with van der Waals surface area (Å²) in [5.41, 5.74) is 1.77. The van der Waals surface area contributed by atoms with Gasteiger partial charge in [0.1, 0.15) is 0 Å². The van der Waals surface area contributed by atoms with E-state index in [1.165, 1.54) is 7.11 Å². The summed E-state index contributed by atoms with van der Waals surface area (Å²) in [6.45, 7) is 6.01. The van der Waals surface area contributed by atoms with Crippen molar-refractivity contribution in [2.45, 2.75) is 25.9 Å². The number of halogens is 1. The lowest BCUT2D eigenvalue weighted by Crippen LogP contribution is -2.46. The molecule has 112 valence electrons. The van der Waals surface area contributed by atoms with Gasteiger partial charge in [-0.1, -0.05) is 22.0 Å². The van der Waals surface area contributed by atoms with E-state index in [2.05, 4.69) is 54.1 Å². The number of methoxy groups -OCH3 is 1. The molecule has 0 amide bonds. The van der Waals surface area contributed by atoms with E-state index in [1.54, 1.807) is 12.1 Å². The molecule has 20 heavy (non-hydrogen) atoms. The quantitative estimate of drug-likeness (QED) is 0.807. The SMILES string of the molecule is COC(=O)c1ccc(CNCC(C)(C)N(C)C)c(Br)c1. The maximum Gasteiger partial charge on any atom is 0.337 e. The fraction of sp³-hybridized carbons (Fsp3) is 0.533. The van der Waals surface area contributed by atoms with Crippen LogP contribution in [0, 0.1) is 0 Å². The molecule has 0 fully saturated rings. The van der Waals surface area contributed by atoms with Crippen LogP contribution in [0.1, 0.15) is 29.8 Å². The third kappa shape index (κ3) is 4.58. The van der Waals surface area contributed by atoms with Gasteiger partial charge in [-0.05, 0) is 45.6 Å². The first-order valence-electron chi connectivity index (χ1n) is 6.53. The first-order chi connectivity index (χ1) is 9.27. The minimum Gasteiger partial charge on any atom is -0.465 e. The second kappa shape index (κ2) is 7.20. The first kappa shape index (κ1) is 17.1. The Morgan fingerprint density at radius 1 is 1.40 bits per heavy atom. The second-order valence-corrected chi connectivity index (χ2v) is 6.46. The molecule has 1 rings (SSSR count). The predicted molar refractivity (Wildman–Crippen MR) is 85.0 cm³/mol. The third-order valence-electron chi connectivity index (χ3n) is 3.56. The summed E-state index contributed by atoms with van der Waals surface area (Å²) in [5, 5.41) is 3.44. The molecule has 0 atom stereocenters. The molecular formula is C15H23BrN2O2. The summed E-state index contributed by atoms with van der Waals surface area (Å²) in [6, 6.07) is 5.51. The van der Waals surface area contributed by atoms with E-state index in [-0.39, 0.29) is 11.5 Å². The van der Waals surface area contributed by atoms with Crippen molar-refractivity contribution >= 4 is 21.9 Å². The van der Waals surface area contributed by atoms with Crippen LogP contribution in [-0.4, -0.2) is 44.2 Å². The van der Waals surface area contributed by atoms with E-state index in [1.807, 2.05) is 6.07 Å². The summed E-state index contributed by atoms with van der Waals surface area (Å²) in [6.07, 6.45) is 0.